The molecule has 3 heterocycles. The highest BCUT2D eigenvalue weighted by Gasteiger charge is 2.65. The average Bonchev–Trinajstić information content (AvgIpc) is 3.14. The maximum atomic E-state index is 11.5. The number of phenols is 1. The van der Waals surface area contributed by atoms with Crippen LogP contribution in [0.5, 0.6) is 11.5 Å². The zero-order chi connectivity index (χ0) is 23.2. The van der Waals surface area contributed by atoms with Crippen molar-refractivity contribution in [3.8, 4) is 11.5 Å². The summed E-state index contributed by atoms with van der Waals surface area (Å²) in [6.07, 6.45) is -4.16. The minimum absolute atomic E-state index is 0.0610. The second-order valence-corrected chi connectivity index (χ2v) is 9.78. The molecule has 2 aliphatic carbocycles. The normalized spacial score (nSPS) is 45.4. The summed E-state index contributed by atoms with van der Waals surface area (Å²) in [6.45, 7) is 0.838. The molecule has 2 fully saturated rings. The number of hydrogen-bond acceptors (Lipinski definition) is 9. The molecule has 33 heavy (non-hydrogen) atoms. The van der Waals surface area contributed by atoms with Crippen LogP contribution in [0.4, 0.5) is 0 Å². The van der Waals surface area contributed by atoms with E-state index in [0.717, 1.165) is 30.5 Å². The third-order valence-electron chi connectivity index (χ3n) is 8.23. The van der Waals surface area contributed by atoms with Crippen molar-refractivity contribution >= 4 is 5.97 Å². The Balaban J connectivity index is 1.38. The monoisotopic (exact) mass is 461 g/mol. The number of hydrogen-bond donors (Lipinski definition) is 5. The second-order valence-electron chi connectivity index (χ2n) is 9.78. The number of piperidine rings is 1. The van der Waals surface area contributed by atoms with Gasteiger partial charge in [-0.1, -0.05) is 18.2 Å². The van der Waals surface area contributed by atoms with E-state index in [1.807, 2.05) is 12.1 Å². The number of likely N-dealkylation sites (N-methyl/N-ethyl adjacent to an activating group) is 1. The minimum Gasteiger partial charge on any atom is -0.504 e. The van der Waals surface area contributed by atoms with Gasteiger partial charge in [-0.2, -0.15) is 0 Å². The molecule has 2 saturated heterocycles. The lowest BCUT2D eigenvalue weighted by molar-refractivity contribution is -0.307. The standard InChI is InChI=1S/C23H27NO9/c1-24-7-6-23-10-3-5-13(31-22-17(28)15(26)16(27)19(33-22)21(29)30)20(23)32-18-12(25)4-2-9(14(18)23)8-11(10)24/h2-5,10-11,13,15-17,19-20,22,25-28H,6-8H2,1H3,(H,29,30)/t10?,11?,13?,15-,16-,17+,19-,20?,22?,23?/m0/s1. The van der Waals surface area contributed by atoms with Gasteiger partial charge in [-0.15, -0.1) is 0 Å². The molecule has 2 bridgehead atoms. The van der Waals surface area contributed by atoms with Gasteiger partial charge in [-0.25, -0.2) is 4.79 Å². The molecule has 10 atom stereocenters. The average molecular weight is 461 g/mol. The summed E-state index contributed by atoms with van der Waals surface area (Å²) < 4.78 is 17.7. The van der Waals surface area contributed by atoms with E-state index in [0.29, 0.717) is 5.75 Å². The lowest BCUT2D eigenvalue weighted by Gasteiger charge is -2.57. The first-order valence-electron chi connectivity index (χ1n) is 11.2. The van der Waals surface area contributed by atoms with Crippen molar-refractivity contribution in [3.05, 3.63) is 35.4 Å². The fourth-order valence-corrected chi connectivity index (χ4v) is 6.66. The quantitative estimate of drug-likeness (QED) is 0.359. The van der Waals surface area contributed by atoms with Gasteiger partial charge in [0.25, 0.3) is 0 Å². The van der Waals surface area contributed by atoms with E-state index in [-0.39, 0.29) is 17.7 Å². The molecule has 0 aromatic heterocycles. The van der Waals surface area contributed by atoms with E-state index in [2.05, 4.69) is 18.0 Å². The van der Waals surface area contributed by atoms with Gasteiger partial charge in [0.05, 0.1) is 0 Å². The first kappa shape index (κ1) is 21.3. The van der Waals surface area contributed by atoms with Gasteiger partial charge in [-0.3, -0.25) is 0 Å². The number of likely N-dealkylation sites (tertiary alicyclic amines) is 1. The van der Waals surface area contributed by atoms with E-state index in [1.165, 1.54) is 0 Å². The summed E-state index contributed by atoms with van der Waals surface area (Å²) in [5.74, 6) is -0.824. The predicted octanol–water partition coefficient (Wildman–Crippen LogP) is -0.885. The van der Waals surface area contributed by atoms with E-state index < -0.39 is 54.3 Å². The van der Waals surface area contributed by atoms with Crippen LogP contribution < -0.4 is 4.74 Å². The number of aromatic hydroxyl groups is 1. The molecule has 1 aromatic carbocycles. The molecule has 6 rings (SSSR count). The molecule has 10 nitrogen and oxygen atoms in total. The number of aliphatic hydroxyl groups is 3. The molecule has 5 aliphatic rings. The number of phenolic OH excluding ortho intramolecular Hbond substituents is 1. The maximum Gasteiger partial charge on any atom is 0.335 e. The number of ether oxygens (including phenoxy) is 3. The molecule has 178 valence electrons. The van der Waals surface area contributed by atoms with Gasteiger partial charge in [0.15, 0.2) is 23.9 Å². The SMILES string of the molecule is CN1CCC23c4c5ccc(O)c4OC2C(OC2O[C@H](C(=O)O)[C@@H](O)[C@H](O)[C@H]2O)C=CC3C1C5. The molecule has 1 spiro atoms. The fourth-order valence-electron chi connectivity index (χ4n) is 6.66. The number of aliphatic carboxylic acids is 1. The molecule has 10 heteroatoms. The summed E-state index contributed by atoms with van der Waals surface area (Å²) in [4.78, 5) is 13.8. The summed E-state index contributed by atoms with van der Waals surface area (Å²) >= 11 is 0. The van der Waals surface area contributed by atoms with Gasteiger partial charge in [0.1, 0.15) is 30.5 Å². The van der Waals surface area contributed by atoms with Crippen LogP contribution in [0.2, 0.25) is 0 Å². The van der Waals surface area contributed by atoms with Gasteiger partial charge in [0.2, 0.25) is 0 Å². The Kier molecular flexibility index (Phi) is 4.62. The third kappa shape index (κ3) is 2.73. The summed E-state index contributed by atoms with van der Waals surface area (Å²) in [6, 6.07) is 3.85. The van der Waals surface area contributed by atoms with Crippen LogP contribution in [-0.2, 0) is 26.1 Å². The first-order chi connectivity index (χ1) is 15.7. The number of carbonyl (C=O) groups is 1. The number of benzene rings is 1. The molecule has 0 amide bonds. The van der Waals surface area contributed by atoms with E-state index in [4.69, 9.17) is 14.2 Å². The van der Waals surface area contributed by atoms with Gasteiger partial charge in [-0.05, 0) is 38.1 Å². The number of aliphatic hydroxyl groups excluding tert-OH is 3. The van der Waals surface area contributed by atoms with Crippen LogP contribution in [0.3, 0.4) is 0 Å². The smallest absolute Gasteiger partial charge is 0.335 e. The summed E-state index contributed by atoms with van der Waals surface area (Å²) in [5.41, 5.74) is 1.69. The number of rotatable bonds is 3. The van der Waals surface area contributed by atoms with Gasteiger partial charge < -0.3 is 44.6 Å². The van der Waals surface area contributed by atoms with Crippen molar-refractivity contribution in [1.29, 1.82) is 0 Å². The molecule has 6 unspecified atom stereocenters. The van der Waals surface area contributed by atoms with E-state index >= 15 is 0 Å². The Morgan fingerprint density at radius 2 is 1.97 bits per heavy atom. The zero-order valence-corrected chi connectivity index (χ0v) is 17.9. The van der Waals surface area contributed by atoms with Crippen molar-refractivity contribution in [2.75, 3.05) is 13.6 Å². The van der Waals surface area contributed by atoms with Crippen molar-refractivity contribution in [3.63, 3.8) is 0 Å². The number of carboxylic acids is 1. The van der Waals surface area contributed by atoms with Crippen LogP contribution in [-0.4, -0.2) is 98.9 Å². The highest BCUT2D eigenvalue weighted by molar-refractivity contribution is 5.73. The van der Waals surface area contributed by atoms with Crippen LogP contribution in [0.1, 0.15) is 17.5 Å². The van der Waals surface area contributed by atoms with Crippen LogP contribution in [0.15, 0.2) is 24.3 Å². The van der Waals surface area contributed by atoms with Crippen LogP contribution in [0, 0.1) is 5.92 Å². The molecule has 1 aromatic rings. The predicted molar refractivity (Wildman–Crippen MR) is 111 cm³/mol. The highest BCUT2D eigenvalue weighted by Crippen LogP contribution is 2.62. The lowest BCUT2D eigenvalue weighted by atomic mass is 9.53. The highest BCUT2D eigenvalue weighted by atomic mass is 16.7. The topological polar surface area (TPSA) is 149 Å². The molecular formula is C23H27NO9. The van der Waals surface area contributed by atoms with Gasteiger partial charge >= 0.3 is 5.97 Å². The van der Waals surface area contributed by atoms with Crippen molar-refractivity contribution in [1.82, 2.24) is 4.90 Å². The van der Waals surface area contributed by atoms with Crippen LogP contribution >= 0.6 is 0 Å². The van der Waals surface area contributed by atoms with Crippen molar-refractivity contribution in [2.24, 2.45) is 5.92 Å². The number of nitrogens with zero attached hydrogens (tertiary/aromatic N) is 1. The van der Waals surface area contributed by atoms with Crippen LogP contribution in [0.25, 0.3) is 0 Å². The Hall–Kier alpha value is -2.21. The van der Waals surface area contributed by atoms with E-state index in [9.17, 15) is 30.3 Å². The molecule has 3 aliphatic heterocycles. The lowest BCUT2D eigenvalue weighted by Crippen LogP contribution is -2.66. The van der Waals surface area contributed by atoms with Crippen molar-refractivity contribution in [2.45, 2.75) is 67.2 Å². The minimum atomic E-state index is -1.79. The molecular weight excluding hydrogens is 434 g/mol. The summed E-state index contributed by atoms with van der Waals surface area (Å²) in [7, 11) is 2.11. The zero-order valence-electron chi connectivity index (χ0n) is 17.9. The molecule has 0 radical (unpaired) electrons. The molecule has 0 saturated carbocycles. The van der Waals surface area contributed by atoms with Crippen molar-refractivity contribution < 1.29 is 44.5 Å². The Morgan fingerprint density at radius 1 is 1.18 bits per heavy atom. The second kappa shape index (κ2) is 7.14. The molecule has 5 N–H and O–H groups in total. The fraction of sp³-hybridized carbons (Fsp3) is 0.609. The first-order valence-corrected chi connectivity index (χ1v) is 11.2. The number of carboxylic acid groups (broad SMARTS) is 1. The summed E-state index contributed by atoms with van der Waals surface area (Å²) in [5, 5.41) is 50.5. The third-order valence-corrected chi connectivity index (χ3v) is 8.23. The van der Waals surface area contributed by atoms with Gasteiger partial charge in [0, 0.05) is 22.9 Å². The van der Waals surface area contributed by atoms with E-state index in [1.54, 1.807) is 6.07 Å². The Morgan fingerprint density at radius 3 is 2.73 bits per heavy atom. The Labute approximate surface area is 189 Å². The Bertz CT molecular complexity index is 1030. The maximum absolute atomic E-state index is 11.5. The largest absolute Gasteiger partial charge is 0.504 e.